The lowest BCUT2D eigenvalue weighted by atomic mass is 9.98. The number of rotatable bonds is 4. The molecule has 3 rings (SSSR count). The van der Waals surface area contributed by atoms with E-state index in [-0.39, 0.29) is 0 Å². The van der Waals surface area contributed by atoms with Crippen molar-refractivity contribution >= 4 is 15.9 Å². The van der Waals surface area contributed by atoms with Crippen molar-refractivity contribution in [1.29, 1.82) is 0 Å². The van der Waals surface area contributed by atoms with Crippen LogP contribution in [0.25, 0.3) is 0 Å². The highest BCUT2D eigenvalue weighted by molar-refractivity contribution is 9.10. The Balaban J connectivity index is 1.80. The van der Waals surface area contributed by atoms with Crippen LogP contribution in [0.4, 0.5) is 0 Å². The molecular weight excluding hydrogens is 310 g/mol. The Morgan fingerprint density at radius 2 is 1.90 bits per heavy atom. The number of hydrogen-bond donors (Lipinski definition) is 1. The molecule has 1 N–H and O–H groups in total. The van der Waals surface area contributed by atoms with Crippen molar-refractivity contribution in [1.82, 2.24) is 5.32 Å². The predicted octanol–water partition coefficient (Wildman–Crippen LogP) is 4.82. The molecule has 2 heteroatoms. The molecule has 3 unspecified atom stereocenters. The van der Waals surface area contributed by atoms with E-state index in [1.165, 1.54) is 27.6 Å². The van der Waals surface area contributed by atoms with Crippen LogP contribution < -0.4 is 5.32 Å². The summed E-state index contributed by atoms with van der Waals surface area (Å²) in [6.07, 6.45) is 1.28. The van der Waals surface area contributed by atoms with Gasteiger partial charge in [-0.05, 0) is 55.0 Å². The van der Waals surface area contributed by atoms with Crippen LogP contribution in [0.5, 0.6) is 0 Å². The largest absolute Gasteiger partial charge is 0.313 e. The fourth-order valence-corrected chi connectivity index (χ4v) is 3.49. The van der Waals surface area contributed by atoms with Gasteiger partial charge in [-0.2, -0.15) is 0 Å². The molecule has 0 saturated heterocycles. The van der Waals surface area contributed by atoms with Crippen LogP contribution >= 0.6 is 15.9 Å². The maximum atomic E-state index is 3.65. The van der Waals surface area contributed by atoms with Crippen LogP contribution in [-0.2, 0) is 0 Å². The van der Waals surface area contributed by atoms with Crippen LogP contribution in [0.2, 0.25) is 0 Å². The second kappa shape index (κ2) is 5.71. The third-order valence-electron chi connectivity index (χ3n) is 4.36. The molecule has 1 aliphatic rings. The van der Waals surface area contributed by atoms with Crippen LogP contribution in [0, 0.1) is 12.8 Å². The van der Waals surface area contributed by atoms with Crippen molar-refractivity contribution in [2.24, 2.45) is 5.92 Å². The molecule has 0 aromatic heterocycles. The molecule has 1 fully saturated rings. The van der Waals surface area contributed by atoms with Crippen molar-refractivity contribution in [3.63, 3.8) is 0 Å². The van der Waals surface area contributed by atoms with E-state index in [1.807, 2.05) is 0 Å². The Kier molecular flexibility index (Phi) is 3.95. The van der Waals surface area contributed by atoms with Gasteiger partial charge in [0.25, 0.3) is 0 Å². The first-order valence-corrected chi connectivity index (χ1v) is 7.98. The number of halogens is 1. The van der Waals surface area contributed by atoms with Crippen molar-refractivity contribution in [2.45, 2.75) is 25.3 Å². The smallest absolute Gasteiger partial charge is 0.0352 e. The summed E-state index contributed by atoms with van der Waals surface area (Å²) in [6.45, 7) is 2.13. The molecule has 2 aromatic rings. The summed E-state index contributed by atoms with van der Waals surface area (Å²) in [4.78, 5) is 0. The van der Waals surface area contributed by atoms with Gasteiger partial charge in [-0.3, -0.25) is 0 Å². The highest BCUT2D eigenvalue weighted by Gasteiger charge is 2.43. The highest BCUT2D eigenvalue weighted by Crippen LogP contribution is 2.54. The summed E-state index contributed by atoms with van der Waals surface area (Å²) in [6, 6.07) is 18.0. The second-order valence-electron chi connectivity index (χ2n) is 5.69. The van der Waals surface area contributed by atoms with Gasteiger partial charge in [0.05, 0.1) is 0 Å². The van der Waals surface area contributed by atoms with E-state index in [2.05, 4.69) is 83.7 Å². The molecule has 1 nitrogen and oxygen atoms in total. The van der Waals surface area contributed by atoms with Crippen LogP contribution in [0.3, 0.4) is 0 Å². The molecule has 0 heterocycles. The normalized spacial score (nSPS) is 22.6. The van der Waals surface area contributed by atoms with Gasteiger partial charge >= 0.3 is 0 Å². The molecule has 0 aliphatic heterocycles. The fraction of sp³-hybridized carbons (Fsp3) is 0.333. The SMILES string of the molecule is CNC(c1ccc(C)c(Br)c1)C1CC1c1ccccc1. The summed E-state index contributed by atoms with van der Waals surface area (Å²) in [5.74, 6) is 1.41. The summed E-state index contributed by atoms with van der Waals surface area (Å²) in [7, 11) is 2.07. The lowest BCUT2D eigenvalue weighted by Crippen LogP contribution is -2.19. The third-order valence-corrected chi connectivity index (χ3v) is 5.22. The monoisotopic (exact) mass is 329 g/mol. The lowest BCUT2D eigenvalue weighted by molar-refractivity contribution is 0.517. The van der Waals surface area contributed by atoms with E-state index in [0.29, 0.717) is 17.9 Å². The standard InChI is InChI=1S/C18H20BrN/c1-12-8-9-14(10-17(12)19)18(20-2)16-11-15(16)13-6-4-3-5-7-13/h3-10,15-16,18,20H,11H2,1-2H3. The maximum Gasteiger partial charge on any atom is 0.0352 e. The molecule has 3 atom stereocenters. The minimum Gasteiger partial charge on any atom is -0.313 e. The zero-order valence-electron chi connectivity index (χ0n) is 11.9. The quantitative estimate of drug-likeness (QED) is 0.847. The maximum absolute atomic E-state index is 3.65. The van der Waals surface area contributed by atoms with Crippen molar-refractivity contribution < 1.29 is 0 Å². The zero-order chi connectivity index (χ0) is 14.1. The summed E-state index contributed by atoms with van der Waals surface area (Å²) >= 11 is 3.65. The van der Waals surface area contributed by atoms with Crippen molar-refractivity contribution in [3.8, 4) is 0 Å². The van der Waals surface area contributed by atoms with Crippen molar-refractivity contribution in [3.05, 3.63) is 69.7 Å². The number of hydrogen-bond acceptors (Lipinski definition) is 1. The van der Waals surface area contributed by atoms with Crippen LogP contribution in [0.15, 0.2) is 53.0 Å². The Morgan fingerprint density at radius 1 is 1.15 bits per heavy atom. The first-order valence-electron chi connectivity index (χ1n) is 7.19. The van der Waals surface area contributed by atoms with Crippen LogP contribution in [-0.4, -0.2) is 7.05 Å². The fourth-order valence-electron chi connectivity index (χ4n) is 3.10. The van der Waals surface area contributed by atoms with E-state index in [1.54, 1.807) is 0 Å². The molecule has 20 heavy (non-hydrogen) atoms. The van der Waals surface area contributed by atoms with Gasteiger partial charge < -0.3 is 5.32 Å². The number of nitrogens with one attached hydrogen (secondary N) is 1. The van der Waals surface area contributed by atoms with Crippen LogP contribution in [0.1, 0.15) is 35.1 Å². The van der Waals surface area contributed by atoms with Gasteiger partial charge in [0.15, 0.2) is 0 Å². The topological polar surface area (TPSA) is 12.0 Å². The van der Waals surface area contributed by atoms with Gasteiger partial charge in [-0.1, -0.05) is 58.4 Å². The average molecular weight is 330 g/mol. The number of benzene rings is 2. The summed E-state index contributed by atoms with van der Waals surface area (Å²) in [5.41, 5.74) is 4.15. The highest BCUT2D eigenvalue weighted by atomic mass is 79.9. The predicted molar refractivity (Wildman–Crippen MR) is 88.0 cm³/mol. The Labute approximate surface area is 129 Å². The molecule has 1 aliphatic carbocycles. The van der Waals surface area contributed by atoms with Gasteiger partial charge in [-0.25, -0.2) is 0 Å². The number of aryl methyl sites for hydroxylation is 1. The Bertz CT molecular complexity index is 594. The molecule has 0 radical (unpaired) electrons. The van der Waals surface area contributed by atoms with E-state index in [9.17, 15) is 0 Å². The zero-order valence-corrected chi connectivity index (χ0v) is 13.5. The van der Waals surface area contributed by atoms with Crippen molar-refractivity contribution in [2.75, 3.05) is 7.05 Å². The minimum atomic E-state index is 0.442. The molecule has 104 valence electrons. The Morgan fingerprint density at radius 3 is 2.55 bits per heavy atom. The molecular formula is C18H20BrN. The molecule has 0 spiro atoms. The average Bonchev–Trinajstić information content (AvgIpc) is 3.25. The van der Waals surface area contributed by atoms with Gasteiger partial charge in [0.1, 0.15) is 0 Å². The third kappa shape index (κ3) is 2.68. The van der Waals surface area contributed by atoms with E-state index < -0.39 is 0 Å². The van der Waals surface area contributed by atoms with Gasteiger partial charge in [0, 0.05) is 10.5 Å². The Hall–Kier alpha value is -1.12. The van der Waals surface area contributed by atoms with Gasteiger partial charge in [0.2, 0.25) is 0 Å². The molecule has 0 bridgehead atoms. The summed E-state index contributed by atoms with van der Waals surface area (Å²) < 4.78 is 1.20. The second-order valence-corrected chi connectivity index (χ2v) is 6.55. The molecule has 2 aromatic carbocycles. The summed E-state index contributed by atoms with van der Waals surface area (Å²) in [5, 5.41) is 3.51. The molecule has 0 amide bonds. The van der Waals surface area contributed by atoms with E-state index in [0.717, 1.165) is 0 Å². The minimum absolute atomic E-state index is 0.442. The van der Waals surface area contributed by atoms with Gasteiger partial charge in [-0.15, -0.1) is 0 Å². The first-order chi connectivity index (χ1) is 9.70. The first kappa shape index (κ1) is 13.8. The lowest BCUT2D eigenvalue weighted by Gasteiger charge is -2.18. The molecule has 1 saturated carbocycles. The van der Waals surface area contributed by atoms with E-state index in [4.69, 9.17) is 0 Å². The van der Waals surface area contributed by atoms with E-state index >= 15 is 0 Å².